The van der Waals surface area contributed by atoms with Crippen molar-refractivity contribution in [3.63, 3.8) is 0 Å². The van der Waals surface area contributed by atoms with Gasteiger partial charge in [-0.25, -0.2) is 0 Å². The zero-order valence-electron chi connectivity index (χ0n) is 19.7. The molecule has 0 saturated carbocycles. The fourth-order valence-electron chi connectivity index (χ4n) is 3.37. The van der Waals surface area contributed by atoms with Gasteiger partial charge in [-0.15, -0.1) is 0 Å². The summed E-state index contributed by atoms with van der Waals surface area (Å²) in [5.41, 5.74) is 3.93. The highest BCUT2D eigenvalue weighted by molar-refractivity contribution is 6.11. The monoisotopic (exact) mass is 462 g/mol. The zero-order valence-corrected chi connectivity index (χ0v) is 19.7. The first-order valence-electron chi connectivity index (χ1n) is 10.6. The molecule has 0 unspecified atom stereocenters. The molecule has 3 aromatic heterocycles. The second-order valence-electron chi connectivity index (χ2n) is 8.03. The number of nitrogens with zero attached hydrogens (tertiary/aromatic N) is 4. The number of amides is 2. The summed E-state index contributed by atoms with van der Waals surface area (Å²) in [5, 5.41) is 13.7. The molecule has 4 rings (SSSR count). The van der Waals surface area contributed by atoms with Gasteiger partial charge in [-0.2, -0.15) is 10.2 Å². The number of furan rings is 1. The highest BCUT2D eigenvalue weighted by atomic mass is 16.5. The Morgan fingerprint density at radius 2 is 1.65 bits per heavy atom. The third kappa shape index (κ3) is 4.70. The SMILES string of the molecule is Cc1ccc(C)c(OCc2ccc(C(=O)Nc3cnn(C)c3C(=O)Nc3cnn(C)c3C)o2)c1. The van der Waals surface area contributed by atoms with Gasteiger partial charge in [0.1, 0.15) is 23.8 Å². The van der Waals surface area contributed by atoms with Crippen LogP contribution in [0.3, 0.4) is 0 Å². The Kier molecular flexibility index (Phi) is 6.22. The van der Waals surface area contributed by atoms with Crippen LogP contribution in [0.4, 0.5) is 11.4 Å². The molecule has 1 aromatic carbocycles. The van der Waals surface area contributed by atoms with Crippen LogP contribution in [0.2, 0.25) is 0 Å². The molecule has 10 heteroatoms. The minimum Gasteiger partial charge on any atom is -0.485 e. The summed E-state index contributed by atoms with van der Waals surface area (Å²) >= 11 is 0. The first-order valence-corrected chi connectivity index (χ1v) is 10.6. The van der Waals surface area contributed by atoms with E-state index in [2.05, 4.69) is 20.8 Å². The van der Waals surface area contributed by atoms with Crippen molar-refractivity contribution in [3.05, 3.63) is 76.8 Å². The number of nitrogens with one attached hydrogen (secondary N) is 2. The smallest absolute Gasteiger partial charge is 0.291 e. The van der Waals surface area contributed by atoms with E-state index in [-0.39, 0.29) is 23.7 Å². The molecule has 0 atom stereocenters. The molecule has 0 aliphatic rings. The minimum absolute atomic E-state index is 0.0953. The van der Waals surface area contributed by atoms with E-state index in [4.69, 9.17) is 9.15 Å². The van der Waals surface area contributed by atoms with Gasteiger partial charge in [0.2, 0.25) is 0 Å². The predicted molar refractivity (Wildman–Crippen MR) is 126 cm³/mol. The van der Waals surface area contributed by atoms with Crippen LogP contribution < -0.4 is 15.4 Å². The van der Waals surface area contributed by atoms with Gasteiger partial charge in [-0.3, -0.25) is 19.0 Å². The highest BCUT2D eigenvalue weighted by Gasteiger charge is 2.22. The largest absolute Gasteiger partial charge is 0.485 e. The number of rotatable bonds is 7. The van der Waals surface area contributed by atoms with E-state index in [9.17, 15) is 9.59 Å². The molecule has 0 aliphatic heterocycles. The van der Waals surface area contributed by atoms with Crippen LogP contribution in [0, 0.1) is 20.8 Å². The van der Waals surface area contributed by atoms with Gasteiger partial charge in [-0.05, 0) is 50.1 Å². The second-order valence-corrected chi connectivity index (χ2v) is 8.03. The molecule has 2 N–H and O–H groups in total. The maximum atomic E-state index is 12.9. The maximum absolute atomic E-state index is 12.9. The van der Waals surface area contributed by atoms with Crippen molar-refractivity contribution in [1.82, 2.24) is 19.6 Å². The van der Waals surface area contributed by atoms with E-state index < -0.39 is 11.8 Å². The summed E-state index contributed by atoms with van der Waals surface area (Å²) in [6, 6.07) is 9.20. The molecule has 0 spiro atoms. The van der Waals surface area contributed by atoms with E-state index in [1.54, 1.807) is 37.1 Å². The molecular formula is C24H26N6O4. The fraction of sp³-hybridized carbons (Fsp3) is 0.250. The van der Waals surface area contributed by atoms with Gasteiger partial charge in [0, 0.05) is 14.1 Å². The number of ether oxygens (including phenoxy) is 1. The number of benzene rings is 1. The number of aryl methyl sites for hydroxylation is 4. The van der Waals surface area contributed by atoms with E-state index >= 15 is 0 Å². The molecular weight excluding hydrogens is 436 g/mol. The first kappa shape index (κ1) is 22.8. The lowest BCUT2D eigenvalue weighted by atomic mass is 10.1. The van der Waals surface area contributed by atoms with Gasteiger partial charge in [0.05, 0.1) is 29.5 Å². The van der Waals surface area contributed by atoms with E-state index in [1.165, 1.54) is 10.9 Å². The van der Waals surface area contributed by atoms with Crippen molar-refractivity contribution in [2.24, 2.45) is 14.1 Å². The predicted octanol–water partition coefficient (Wildman–Crippen LogP) is 3.76. The lowest BCUT2D eigenvalue weighted by Gasteiger charge is -2.09. The Labute approximate surface area is 196 Å². The minimum atomic E-state index is -0.502. The van der Waals surface area contributed by atoms with Crippen LogP contribution in [0.25, 0.3) is 0 Å². The molecule has 0 bridgehead atoms. The molecule has 4 aromatic rings. The topological polar surface area (TPSA) is 116 Å². The number of carbonyl (C=O) groups excluding carboxylic acids is 2. The van der Waals surface area contributed by atoms with Crippen LogP contribution in [-0.4, -0.2) is 31.4 Å². The molecule has 3 heterocycles. The maximum Gasteiger partial charge on any atom is 0.291 e. The normalized spacial score (nSPS) is 10.9. The van der Waals surface area contributed by atoms with Gasteiger partial charge >= 0.3 is 0 Å². The third-order valence-corrected chi connectivity index (χ3v) is 5.48. The quantitative estimate of drug-likeness (QED) is 0.432. The molecule has 10 nitrogen and oxygen atoms in total. The van der Waals surface area contributed by atoms with Crippen molar-refractivity contribution in [3.8, 4) is 5.75 Å². The molecule has 0 fully saturated rings. The summed E-state index contributed by atoms with van der Waals surface area (Å²) in [5.74, 6) is 0.434. The number of carbonyl (C=O) groups is 2. The Bertz CT molecular complexity index is 1360. The van der Waals surface area contributed by atoms with Crippen molar-refractivity contribution >= 4 is 23.2 Å². The summed E-state index contributed by atoms with van der Waals surface area (Å²) in [7, 11) is 3.40. The lowest BCUT2D eigenvalue weighted by Crippen LogP contribution is -2.20. The number of anilines is 2. The second kappa shape index (κ2) is 9.26. The van der Waals surface area contributed by atoms with Crippen LogP contribution in [0.1, 0.15) is 43.6 Å². The summed E-state index contributed by atoms with van der Waals surface area (Å²) < 4.78 is 14.5. The highest BCUT2D eigenvalue weighted by Crippen LogP contribution is 2.22. The van der Waals surface area contributed by atoms with Gasteiger partial charge in [0.15, 0.2) is 5.76 Å². The number of hydrogen-bond acceptors (Lipinski definition) is 6. The van der Waals surface area contributed by atoms with E-state index in [1.807, 2.05) is 39.0 Å². The standard InChI is InChI=1S/C24H26N6O4/c1-14-6-7-15(2)21(10-14)33-13-17-8-9-20(34-17)23(31)28-19-12-26-30(5)22(19)24(32)27-18-11-25-29(4)16(18)3/h6-12H,13H2,1-5H3,(H,27,32)(H,28,31). The third-order valence-electron chi connectivity index (χ3n) is 5.48. The summed E-state index contributed by atoms with van der Waals surface area (Å²) in [6.45, 7) is 5.98. The Hall–Kier alpha value is -4.34. The molecule has 0 aliphatic carbocycles. The Morgan fingerprint density at radius 1 is 0.941 bits per heavy atom. The van der Waals surface area contributed by atoms with Gasteiger partial charge in [0.25, 0.3) is 11.8 Å². The molecule has 0 saturated heterocycles. The number of hydrogen-bond donors (Lipinski definition) is 2. The van der Waals surface area contributed by atoms with Crippen LogP contribution in [0.15, 0.2) is 47.1 Å². The van der Waals surface area contributed by atoms with Crippen molar-refractivity contribution in [2.45, 2.75) is 27.4 Å². The van der Waals surface area contributed by atoms with Crippen LogP contribution in [-0.2, 0) is 20.7 Å². The fourth-order valence-corrected chi connectivity index (χ4v) is 3.37. The zero-order chi connectivity index (χ0) is 24.4. The van der Waals surface area contributed by atoms with Crippen LogP contribution >= 0.6 is 0 Å². The molecule has 176 valence electrons. The molecule has 2 amide bonds. The first-order chi connectivity index (χ1) is 16.2. The molecule has 34 heavy (non-hydrogen) atoms. The summed E-state index contributed by atoms with van der Waals surface area (Å²) in [4.78, 5) is 25.6. The average molecular weight is 463 g/mol. The van der Waals surface area contributed by atoms with Crippen LogP contribution in [0.5, 0.6) is 5.75 Å². The van der Waals surface area contributed by atoms with Crippen molar-refractivity contribution in [1.29, 1.82) is 0 Å². The van der Waals surface area contributed by atoms with Crippen molar-refractivity contribution in [2.75, 3.05) is 10.6 Å². The molecule has 0 radical (unpaired) electrons. The average Bonchev–Trinajstić information content (AvgIpc) is 3.50. The number of aromatic nitrogens is 4. The lowest BCUT2D eigenvalue weighted by molar-refractivity contribution is 0.0992. The van der Waals surface area contributed by atoms with Crippen molar-refractivity contribution < 1.29 is 18.7 Å². The Balaban J connectivity index is 1.43. The van der Waals surface area contributed by atoms with E-state index in [0.717, 1.165) is 22.6 Å². The summed E-state index contributed by atoms with van der Waals surface area (Å²) in [6.07, 6.45) is 2.98. The Morgan fingerprint density at radius 3 is 2.38 bits per heavy atom. The van der Waals surface area contributed by atoms with Gasteiger partial charge in [-0.1, -0.05) is 12.1 Å². The van der Waals surface area contributed by atoms with Gasteiger partial charge < -0.3 is 19.8 Å². The van der Waals surface area contributed by atoms with E-state index in [0.29, 0.717) is 11.4 Å².